The third kappa shape index (κ3) is 2.57. The molecule has 0 aromatic heterocycles. The molecular weight excluding hydrogens is 216 g/mol. The van der Waals surface area contributed by atoms with Crippen LogP contribution in [0.15, 0.2) is 0 Å². The Kier molecular flexibility index (Phi) is 3.34. The van der Waals surface area contributed by atoms with E-state index in [0.717, 1.165) is 19.4 Å². The summed E-state index contributed by atoms with van der Waals surface area (Å²) in [5.41, 5.74) is -0.393. The maximum absolute atomic E-state index is 12.1. The zero-order valence-electron chi connectivity index (χ0n) is 11.3. The van der Waals surface area contributed by atoms with Crippen LogP contribution >= 0.6 is 0 Å². The summed E-state index contributed by atoms with van der Waals surface area (Å²) in [4.78, 5) is 14.0. The minimum atomic E-state index is -0.393. The van der Waals surface area contributed by atoms with Crippen LogP contribution in [0.3, 0.4) is 0 Å². The Bertz CT molecular complexity index is 298. The second-order valence-corrected chi connectivity index (χ2v) is 6.17. The SMILES string of the molecule is CNC1CCC2C1CCN2C(=O)OC(C)(C)C. The Morgan fingerprint density at radius 3 is 2.59 bits per heavy atom. The molecule has 1 saturated heterocycles. The molecule has 1 aliphatic heterocycles. The number of hydrogen-bond acceptors (Lipinski definition) is 3. The Hall–Kier alpha value is -0.770. The average molecular weight is 240 g/mol. The number of carbonyl (C=O) groups is 1. The topological polar surface area (TPSA) is 41.6 Å². The molecule has 1 amide bonds. The van der Waals surface area contributed by atoms with Crippen molar-refractivity contribution in [2.45, 2.75) is 57.7 Å². The van der Waals surface area contributed by atoms with E-state index in [4.69, 9.17) is 4.74 Å². The normalized spacial score (nSPS) is 32.7. The van der Waals surface area contributed by atoms with Crippen LogP contribution in [0, 0.1) is 5.92 Å². The maximum atomic E-state index is 12.1. The van der Waals surface area contributed by atoms with Crippen molar-refractivity contribution in [3.8, 4) is 0 Å². The minimum Gasteiger partial charge on any atom is -0.444 e. The molecule has 1 saturated carbocycles. The molecule has 98 valence electrons. The molecule has 0 aromatic rings. The zero-order chi connectivity index (χ0) is 12.6. The van der Waals surface area contributed by atoms with Crippen LogP contribution in [-0.2, 0) is 4.74 Å². The van der Waals surface area contributed by atoms with E-state index in [1.165, 1.54) is 6.42 Å². The molecule has 3 atom stereocenters. The summed E-state index contributed by atoms with van der Waals surface area (Å²) in [6.07, 6.45) is 3.25. The van der Waals surface area contributed by atoms with E-state index in [0.29, 0.717) is 18.0 Å². The van der Waals surface area contributed by atoms with Crippen LogP contribution in [0.1, 0.15) is 40.0 Å². The van der Waals surface area contributed by atoms with Gasteiger partial charge in [-0.2, -0.15) is 0 Å². The minimum absolute atomic E-state index is 0.137. The first kappa shape index (κ1) is 12.7. The van der Waals surface area contributed by atoms with Gasteiger partial charge in [-0.3, -0.25) is 0 Å². The second-order valence-electron chi connectivity index (χ2n) is 6.17. The molecule has 0 spiro atoms. The number of carbonyl (C=O) groups excluding carboxylic acids is 1. The van der Waals surface area contributed by atoms with Gasteiger partial charge in [0.25, 0.3) is 0 Å². The number of amides is 1. The molecule has 4 heteroatoms. The van der Waals surface area contributed by atoms with Crippen LogP contribution in [0.25, 0.3) is 0 Å². The molecule has 17 heavy (non-hydrogen) atoms. The summed E-state index contributed by atoms with van der Waals surface area (Å²) in [6.45, 7) is 6.61. The quantitative estimate of drug-likeness (QED) is 0.762. The summed E-state index contributed by atoms with van der Waals surface area (Å²) in [5, 5.41) is 3.36. The van der Waals surface area contributed by atoms with E-state index >= 15 is 0 Å². The molecule has 3 unspecified atom stereocenters. The van der Waals surface area contributed by atoms with Gasteiger partial charge in [-0.1, -0.05) is 0 Å². The number of likely N-dealkylation sites (tertiary alicyclic amines) is 1. The number of nitrogens with one attached hydrogen (secondary N) is 1. The predicted octanol–water partition coefficient (Wildman–Crippen LogP) is 1.99. The summed E-state index contributed by atoms with van der Waals surface area (Å²) in [6, 6.07) is 0.967. The van der Waals surface area contributed by atoms with E-state index in [1.54, 1.807) is 0 Å². The predicted molar refractivity (Wildman–Crippen MR) is 66.9 cm³/mol. The molecule has 0 aromatic carbocycles. The van der Waals surface area contributed by atoms with E-state index in [-0.39, 0.29) is 6.09 Å². The van der Waals surface area contributed by atoms with Crippen molar-refractivity contribution in [1.29, 1.82) is 0 Å². The highest BCUT2D eigenvalue weighted by molar-refractivity contribution is 5.69. The molecule has 1 N–H and O–H groups in total. The lowest BCUT2D eigenvalue weighted by Gasteiger charge is -2.28. The smallest absolute Gasteiger partial charge is 0.410 e. The van der Waals surface area contributed by atoms with E-state index in [2.05, 4.69) is 5.32 Å². The van der Waals surface area contributed by atoms with Crippen molar-refractivity contribution in [3.05, 3.63) is 0 Å². The van der Waals surface area contributed by atoms with E-state index in [9.17, 15) is 4.79 Å². The molecule has 0 radical (unpaired) electrons. The summed E-state index contributed by atoms with van der Waals surface area (Å²) in [7, 11) is 2.02. The number of ether oxygens (including phenoxy) is 1. The van der Waals surface area contributed by atoms with E-state index in [1.807, 2.05) is 32.7 Å². The molecular formula is C13H24N2O2. The second kappa shape index (κ2) is 4.48. The van der Waals surface area contributed by atoms with Crippen molar-refractivity contribution < 1.29 is 9.53 Å². The summed E-state index contributed by atoms with van der Waals surface area (Å²) in [5.74, 6) is 0.618. The Balaban J connectivity index is 1.98. The average Bonchev–Trinajstić information content (AvgIpc) is 2.73. The van der Waals surface area contributed by atoms with Crippen molar-refractivity contribution >= 4 is 6.09 Å². The lowest BCUT2D eigenvalue weighted by Crippen LogP contribution is -2.41. The third-order valence-electron chi connectivity index (χ3n) is 3.89. The Morgan fingerprint density at radius 1 is 1.29 bits per heavy atom. The fourth-order valence-corrected chi connectivity index (χ4v) is 3.19. The molecule has 1 heterocycles. The summed E-state index contributed by atoms with van der Waals surface area (Å²) >= 11 is 0. The monoisotopic (exact) mass is 240 g/mol. The van der Waals surface area contributed by atoms with Gasteiger partial charge in [0.05, 0.1) is 0 Å². The van der Waals surface area contributed by atoms with Crippen LogP contribution in [0.5, 0.6) is 0 Å². The zero-order valence-corrected chi connectivity index (χ0v) is 11.3. The number of fused-ring (bicyclic) bond motifs is 1. The first-order chi connectivity index (χ1) is 7.92. The summed E-state index contributed by atoms with van der Waals surface area (Å²) < 4.78 is 5.47. The van der Waals surface area contributed by atoms with Gasteiger partial charge in [0.1, 0.15) is 5.60 Å². The highest BCUT2D eigenvalue weighted by atomic mass is 16.6. The molecule has 2 rings (SSSR count). The molecule has 2 fully saturated rings. The van der Waals surface area contributed by atoms with Gasteiger partial charge in [0.2, 0.25) is 0 Å². The number of rotatable bonds is 1. The van der Waals surface area contributed by atoms with Crippen molar-refractivity contribution in [2.24, 2.45) is 5.92 Å². The van der Waals surface area contributed by atoms with Gasteiger partial charge in [-0.25, -0.2) is 4.79 Å². The first-order valence-corrected chi connectivity index (χ1v) is 6.59. The number of nitrogens with zero attached hydrogens (tertiary/aromatic N) is 1. The van der Waals surface area contributed by atoms with Gasteiger partial charge in [-0.15, -0.1) is 0 Å². The van der Waals surface area contributed by atoms with E-state index < -0.39 is 5.60 Å². The van der Waals surface area contributed by atoms with Gasteiger partial charge in [-0.05, 0) is 53.0 Å². The van der Waals surface area contributed by atoms with Crippen LogP contribution in [0.4, 0.5) is 4.79 Å². The van der Waals surface area contributed by atoms with Gasteiger partial charge < -0.3 is 15.0 Å². The van der Waals surface area contributed by atoms with Crippen molar-refractivity contribution in [2.75, 3.05) is 13.6 Å². The maximum Gasteiger partial charge on any atom is 0.410 e. The number of hydrogen-bond donors (Lipinski definition) is 1. The third-order valence-corrected chi connectivity index (χ3v) is 3.89. The Morgan fingerprint density at radius 2 is 2.00 bits per heavy atom. The highest BCUT2D eigenvalue weighted by Crippen LogP contribution is 2.38. The van der Waals surface area contributed by atoms with Crippen LogP contribution < -0.4 is 5.32 Å². The van der Waals surface area contributed by atoms with Gasteiger partial charge in [0, 0.05) is 18.6 Å². The standard InChI is InChI=1S/C13H24N2O2/c1-13(2,3)17-12(16)15-8-7-9-10(14-4)5-6-11(9)15/h9-11,14H,5-8H2,1-4H3. The van der Waals surface area contributed by atoms with Gasteiger partial charge in [0.15, 0.2) is 0 Å². The fourth-order valence-electron chi connectivity index (χ4n) is 3.19. The fraction of sp³-hybridized carbons (Fsp3) is 0.923. The lowest BCUT2D eigenvalue weighted by molar-refractivity contribution is 0.0217. The van der Waals surface area contributed by atoms with Crippen LogP contribution in [-0.4, -0.2) is 42.3 Å². The molecule has 0 bridgehead atoms. The highest BCUT2D eigenvalue weighted by Gasteiger charge is 2.45. The molecule has 1 aliphatic carbocycles. The molecule has 2 aliphatic rings. The van der Waals surface area contributed by atoms with Gasteiger partial charge >= 0.3 is 6.09 Å². The van der Waals surface area contributed by atoms with Crippen molar-refractivity contribution in [1.82, 2.24) is 10.2 Å². The molecule has 4 nitrogen and oxygen atoms in total. The lowest BCUT2D eigenvalue weighted by atomic mass is 10.0. The van der Waals surface area contributed by atoms with Crippen molar-refractivity contribution in [3.63, 3.8) is 0 Å². The largest absolute Gasteiger partial charge is 0.444 e. The Labute approximate surface area is 104 Å². The van der Waals surface area contributed by atoms with Crippen LogP contribution in [0.2, 0.25) is 0 Å². The first-order valence-electron chi connectivity index (χ1n) is 6.59.